The summed E-state index contributed by atoms with van der Waals surface area (Å²) < 4.78 is 6.00. The Balaban J connectivity index is 1.51. The first-order valence-electron chi connectivity index (χ1n) is 8.01. The van der Waals surface area contributed by atoms with Crippen LogP contribution < -0.4 is 10.6 Å². The Morgan fingerprint density at radius 2 is 2.23 bits per heavy atom. The number of thioether (sulfide) groups is 1. The minimum Gasteiger partial charge on any atom is -0.374 e. The number of hydrogen-bond donors (Lipinski definition) is 2. The zero-order valence-electron chi connectivity index (χ0n) is 13.0. The lowest BCUT2D eigenvalue weighted by atomic mass is 9.90. The molecule has 0 aromatic heterocycles. The summed E-state index contributed by atoms with van der Waals surface area (Å²) in [6, 6.07) is 10.2. The second-order valence-electron chi connectivity index (χ2n) is 6.27. The molecule has 0 saturated carbocycles. The van der Waals surface area contributed by atoms with Crippen molar-refractivity contribution in [2.45, 2.75) is 43.9 Å². The summed E-state index contributed by atoms with van der Waals surface area (Å²) in [6.45, 7) is 2.76. The predicted molar refractivity (Wildman–Crippen MR) is 90.2 cm³/mol. The molecule has 4 nitrogen and oxygen atoms in total. The van der Waals surface area contributed by atoms with Crippen molar-refractivity contribution in [2.75, 3.05) is 18.1 Å². The topological polar surface area (TPSA) is 50.4 Å². The molecule has 2 N–H and O–H groups in total. The van der Waals surface area contributed by atoms with Crippen LogP contribution in [-0.2, 0) is 4.74 Å². The third-order valence-corrected chi connectivity index (χ3v) is 5.77. The molecule has 0 unspecified atom stereocenters. The van der Waals surface area contributed by atoms with Gasteiger partial charge in [-0.25, -0.2) is 4.79 Å². The molecule has 5 heteroatoms. The molecule has 120 valence electrons. The Hall–Kier alpha value is -1.20. The van der Waals surface area contributed by atoms with Crippen molar-refractivity contribution in [3.63, 3.8) is 0 Å². The monoisotopic (exact) mass is 320 g/mol. The van der Waals surface area contributed by atoms with Gasteiger partial charge in [0.15, 0.2) is 0 Å². The van der Waals surface area contributed by atoms with E-state index >= 15 is 0 Å². The second-order valence-corrected chi connectivity index (χ2v) is 7.38. The van der Waals surface area contributed by atoms with E-state index in [1.165, 1.54) is 5.75 Å². The average molecular weight is 320 g/mol. The average Bonchev–Trinajstić information content (AvgIpc) is 2.95. The van der Waals surface area contributed by atoms with Crippen LogP contribution >= 0.6 is 11.8 Å². The van der Waals surface area contributed by atoms with E-state index in [-0.39, 0.29) is 23.7 Å². The van der Waals surface area contributed by atoms with E-state index in [9.17, 15) is 4.79 Å². The molecule has 2 saturated heterocycles. The number of nitrogens with one attached hydrogen (secondary N) is 2. The molecule has 2 fully saturated rings. The quantitative estimate of drug-likeness (QED) is 0.900. The molecule has 2 amide bonds. The first kappa shape index (κ1) is 15.7. The van der Waals surface area contributed by atoms with Crippen LogP contribution in [0.1, 0.15) is 37.8 Å². The third kappa shape index (κ3) is 3.76. The van der Waals surface area contributed by atoms with Gasteiger partial charge in [-0.3, -0.25) is 0 Å². The predicted octanol–water partition coefficient (Wildman–Crippen LogP) is 3.10. The first-order chi connectivity index (χ1) is 10.7. The van der Waals surface area contributed by atoms with E-state index < -0.39 is 0 Å². The summed E-state index contributed by atoms with van der Waals surface area (Å²) in [6.07, 6.45) is 2.95. The minimum atomic E-state index is -0.0796. The highest BCUT2D eigenvalue weighted by Crippen LogP contribution is 2.38. The van der Waals surface area contributed by atoms with E-state index in [0.717, 1.165) is 37.2 Å². The maximum Gasteiger partial charge on any atom is 0.315 e. The van der Waals surface area contributed by atoms with E-state index in [1.54, 1.807) is 0 Å². The van der Waals surface area contributed by atoms with Gasteiger partial charge in [0.05, 0.1) is 11.6 Å². The van der Waals surface area contributed by atoms with E-state index in [4.69, 9.17) is 4.74 Å². The minimum absolute atomic E-state index is 0.00586. The van der Waals surface area contributed by atoms with E-state index in [2.05, 4.69) is 10.6 Å². The van der Waals surface area contributed by atoms with Gasteiger partial charge in [0.25, 0.3) is 0 Å². The molecule has 0 aliphatic carbocycles. The number of rotatable bonds is 3. The zero-order valence-corrected chi connectivity index (χ0v) is 13.8. The van der Waals surface area contributed by atoms with Gasteiger partial charge >= 0.3 is 6.03 Å². The molecule has 1 spiro atoms. The van der Waals surface area contributed by atoms with Gasteiger partial charge in [0.1, 0.15) is 0 Å². The summed E-state index contributed by atoms with van der Waals surface area (Å²) >= 11 is 1.95. The van der Waals surface area contributed by atoms with Gasteiger partial charge in [-0.05, 0) is 37.5 Å². The maximum atomic E-state index is 12.2. The fourth-order valence-electron chi connectivity index (χ4n) is 3.26. The van der Waals surface area contributed by atoms with Gasteiger partial charge in [0, 0.05) is 18.4 Å². The lowest BCUT2D eigenvalue weighted by molar-refractivity contribution is -0.0684. The Labute approximate surface area is 136 Å². The Morgan fingerprint density at radius 1 is 1.41 bits per heavy atom. The van der Waals surface area contributed by atoms with Gasteiger partial charge in [-0.2, -0.15) is 11.8 Å². The van der Waals surface area contributed by atoms with Crippen LogP contribution in [0.4, 0.5) is 4.79 Å². The van der Waals surface area contributed by atoms with Crippen molar-refractivity contribution in [1.82, 2.24) is 10.6 Å². The fourth-order valence-corrected chi connectivity index (χ4v) is 4.64. The number of amides is 2. The van der Waals surface area contributed by atoms with Gasteiger partial charge < -0.3 is 15.4 Å². The molecule has 3 atom stereocenters. The Morgan fingerprint density at radius 3 is 2.95 bits per heavy atom. The van der Waals surface area contributed by atoms with Crippen molar-refractivity contribution in [3.8, 4) is 0 Å². The Bertz CT molecular complexity index is 503. The number of hydrogen-bond acceptors (Lipinski definition) is 3. The molecule has 2 heterocycles. The van der Waals surface area contributed by atoms with E-state index in [0.29, 0.717) is 0 Å². The molecule has 0 radical (unpaired) electrons. The van der Waals surface area contributed by atoms with Gasteiger partial charge in [-0.1, -0.05) is 30.3 Å². The fraction of sp³-hybridized carbons (Fsp3) is 0.588. The lowest BCUT2D eigenvalue weighted by Crippen LogP contribution is -2.51. The number of ether oxygens (including phenoxy) is 1. The molecule has 1 aromatic carbocycles. The summed E-state index contributed by atoms with van der Waals surface area (Å²) in [5.74, 6) is 2.23. The molecular formula is C17H24N2O2S. The highest BCUT2D eigenvalue weighted by Gasteiger charge is 2.40. The van der Waals surface area contributed by atoms with Crippen molar-refractivity contribution in [2.24, 2.45) is 0 Å². The largest absolute Gasteiger partial charge is 0.374 e. The first-order valence-corrected chi connectivity index (χ1v) is 9.16. The molecule has 1 aromatic rings. The smallest absolute Gasteiger partial charge is 0.315 e. The van der Waals surface area contributed by atoms with Crippen molar-refractivity contribution < 1.29 is 9.53 Å². The lowest BCUT2D eigenvalue weighted by Gasteiger charge is -2.38. The summed E-state index contributed by atoms with van der Waals surface area (Å²) in [7, 11) is 0. The highest BCUT2D eigenvalue weighted by molar-refractivity contribution is 7.99. The van der Waals surface area contributed by atoms with Crippen molar-refractivity contribution in [3.05, 3.63) is 35.9 Å². The molecule has 2 aliphatic heterocycles. The second kappa shape index (κ2) is 6.92. The number of urea groups is 1. The van der Waals surface area contributed by atoms with Crippen LogP contribution in [0, 0.1) is 0 Å². The Kier molecular flexibility index (Phi) is 4.93. The van der Waals surface area contributed by atoms with Crippen LogP contribution in [0.15, 0.2) is 30.3 Å². The normalized spacial score (nSPS) is 29.2. The van der Waals surface area contributed by atoms with Gasteiger partial charge in [0.2, 0.25) is 0 Å². The van der Waals surface area contributed by atoms with Crippen molar-refractivity contribution >= 4 is 17.8 Å². The summed E-state index contributed by atoms with van der Waals surface area (Å²) in [5.41, 5.74) is 1.12. The number of carbonyl (C=O) groups is 1. The maximum absolute atomic E-state index is 12.2. The van der Waals surface area contributed by atoms with Crippen LogP contribution in [0.5, 0.6) is 0 Å². The van der Waals surface area contributed by atoms with Crippen LogP contribution in [0.25, 0.3) is 0 Å². The molecule has 0 bridgehead atoms. The van der Waals surface area contributed by atoms with Crippen molar-refractivity contribution in [1.29, 1.82) is 0 Å². The van der Waals surface area contributed by atoms with Crippen LogP contribution in [0.2, 0.25) is 0 Å². The summed E-state index contributed by atoms with van der Waals surface area (Å²) in [5, 5.41) is 6.16. The molecular weight excluding hydrogens is 296 g/mol. The SMILES string of the molecule is C[C@H](NC(=O)N[C@H]1CCO[C@]2(CCSC2)C1)c1ccccc1. The van der Waals surface area contributed by atoms with Gasteiger partial charge in [-0.15, -0.1) is 0 Å². The zero-order chi connectivity index (χ0) is 15.4. The van der Waals surface area contributed by atoms with E-state index in [1.807, 2.05) is 49.0 Å². The number of benzene rings is 1. The third-order valence-electron chi connectivity index (χ3n) is 4.54. The summed E-state index contributed by atoms with van der Waals surface area (Å²) in [4.78, 5) is 12.2. The molecule has 22 heavy (non-hydrogen) atoms. The highest BCUT2D eigenvalue weighted by atomic mass is 32.2. The molecule has 2 aliphatic rings. The molecule has 3 rings (SSSR count). The van der Waals surface area contributed by atoms with Crippen LogP contribution in [-0.4, -0.2) is 35.8 Å². The standard InChI is InChI=1S/C17H24N2O2S/c1-13(14-5-3-2-4-6-14)18-16(20)19-15-7-9-21-17(11-15)8-10-22-12-17/h2-6,13,15H,7-12H2,1H3,(H2,18,19,20)/t13-,15-,17+/m0/s1. The van der Waals surface area contributed by atoms with Crippen LogP contribution in [0.3, 0.4) is 0 Å². The number of carbonyl (C=O) groups excluding carboxylic acids is 1.